The van der Waals surface area contributed by atoms with Gasteiger partial charge in [-0.25, -0.2) is 9.78 Å². The van der Waals surface area contributed by atoms with Crippen molar-refractivity contribution < 1.29 is 14.4 Å². The minimum absolute atomic E-state index is 0.129. The fourth-order valence-electron chi connectivity index (χ4n) is 4.15. The SMILES string of the molecule is C[C@H](NC(=O)CCCN1C(=O)NC2(CCCC2)C1=O)c1nc2ccccc2[nH]1. The van der Waals surface area contributed by atoms with Gasteiger partial charge in [0, 0.05) is 13.0 Å². The van der Waals surface area contributed by atoms with E-state index in [9.17, 15) is 14.4 Å². The number of para-hydroxylation sites is 2. The lowest BCUT2D eigenvalue weighted by molar-refractivity contribution is -0.131. The fourth-order valence-corrected chi connectivity index (χ4v) is 4.15. The van der Waals surface area contributed by atoms with E-state index in [1.807, 2.05) is 31.2 Å². The minimum Gasteiger partial charge on any atom is -0.346 e. The Labute approximate surface area is 163 Å². The van der Waals surface area contributed by atoms with Crippen molar-refractivity contribution >= 4 is 28.9 Å². The molecule has 1 saturated carbocycles. The molecule has 0 bridgehead atoms. The molecule has 0 radical (unpaired) electrons. The first kappa shape index (κ1) is 18.5. The van der Waals surface area contributed by atoms with Crippen LogP contribution in [0.2, 0.25) is 0 Å². The first-order chi connectivity index (χ1) is 13.5. The van der Waals surface area contributed by atoms with Crippen molar-refractivity contribution in [1.82, 2.24) is 25.5 Å². The zero-order chi connectivity index (χ0) is 19.7. The van der Waals surface area contributed by atoms with Gasteiger partial charge in [-0.2, -0.15) is 0 Å². The van der Waals surface area contributed by atoms with Gasteiger partial charge in [-0.3, -0.25) is 14.5 Å². The predicted molar refractivity (Wildman–Crippen MR) is 103 cm³/mol. The van der Waals surface area contributed by atoms with Crippen LogP contribution >= 0.6 is 0 Å². The molecule has 1 saturated heterocycles. The highest BCUT2D eigenvalue weighted by atomic mass is 16.2. The summed E-state index contributed by atoms with van der Waals surface area (Å²) in [5.74, 6) is 0.438. The van der Waals surface area contributed by atoms with Crippen molar-refractivity contribution in [1.29, 1.82) is 0 Å². The Bertz CT molecular complexity index is 882. The number of aromatic amines is 1. The number of benzene rings is 1. The normalized spacial score (nSPS) is 19.4. The van der Waals surface area contributed by atoms with Crippen LogP contribution in [0, 0.1) is 0 Å². The third-order valence-electron chi connectivity index (χ3n) is 5.68. The summed E-state index contributed by atoms with van der Waals surface area (Å²) < 4.78 is 0. The van der Waals surface area contributed by atoms with E-state index in [4.69, 9.17) is 0 Å². The Kier molecular flexibility index (Phi) is 4.78. The maximum absolute atomic E-state index is 12.6. The van der Waals surface area contributed by atoms with E-state index >= 15 is 0 Å². The van der Waals surface area contributed by atoms with E-state index in [-0.39, 0.29) is 36.9 Å². The smallest absolute Gasteiger partial charge is 0.325 e. The Morgan fingerprint density at radius 3 is 2.79 bits per heavy atom. The molecule has 2 heterocycles. The maximum Gasteiger partial charge on any atom is 0.325 e. The number of hydrogen-bond donors (Lipinski definition) is 3. The summed E-state index contributed by atoms with van der Waals surface area (Å²) in [6.07, 6.45) is 4.03. The van der Waals surface area contributed by atoms with Crippen LogP contribution in [0.5, 0.6) is 0 Å². The first-order valence-electron chi connectivity index (χ1n) is 9.87. The van der Waals surface area contributed by atoms with Crippen LogP contribution in [-0.4, -0.2) is 44.8 Å². The molecule has 8 nitrogen and oxygen atoms in total. The highest BCUT2D eigenvalue weighted by Crippen LogP contribution is 2.35. The first-order valence-corrected chi connectivity index (χ1v) is 9.87. The van der Waals surface area contributed by atoms with Crippen LogP contribution in [0.4, 0.5) is 4.79 Å². The van der Waals surface area contributed by atoms with Gasteiger partial charge in [0.2, 0.25) is 5.91 Å². The molecule has 1 spiro atoms. The lowest BCUT2D eigenvalue weighted by atomic mass is 9.98. The van der Waals surface area contributed by atoms with Crippen molar-refractivity contribution in [2.45, 2.75) is 57.0 Å². The Hall–Kier alpha value is -2.90. The molecule has 1 atom stereocenters. The molecule has 2 aliphatic rings. The molecule has 1 aliphatic carbocycles. The van der Waals surface area contributed by atoms with Crippen LogP contribution in [0.3, 0.4) is 0 Å². The summed E-state index contributed by atoms with van der Waals surface area (Å²) in [7, 11) is 0. The molecule has 1 aliphatic heterocycles. The van der Waals surface area contributed by atoms with Gasteiger partial charge in [0.1, 0.15) is 11.4 Å². The Morgan fingerprint density at radius 1 is 1.29 bits per heavy atom. The average molecular weight is 383 g/mol. The molecule has 4 amide bonds. The summed E-state index contributed by atoms with van der Waals surface area (Å²) in [5.41, 5.74) is 1.10. The molecular formula is C20H25N5O3. The predicted octanol–water partition coefficient (Wildman–Crippen LogP) is 2.38. The van der Waals surface area contributed by atoms with Crippen molar-refractivity contribution in [3.63, 3.8) is 0 Å². The van der Waals surface area contributed by atoms with Gasteiger partial charge in [0.15, 0.2) is 0 Å². The third-order valence-corrected chi connectivity index (χ3v) is 5.68. The van der Waals surface area contributed by atoms with Gasteiger partial charge in [0.05, 0.1) is 17.1 Å². The van der Waals surface area contributed by atoms with Crippen LogP contribution < -0.4 is 10.6 Å². The summed E-state index contributed by atoms with van der Waals surface area (Å²) in [6.45, 7) is 2.13. The Balaban J connectivity index is 1.27. The molecule has 28 heavy (non-hydrogen) atoms. The number of aromatic nitrogens is 2. The molecule has 8 heteroatoms. The topological polar surface area (TPSA) is 107 Å². The number of hydrogen-bond acceptors (Lipinski definition) is 4. The number of fused-ring (bicyclic) bond motifs is 1. The van der Waals surface area contributed by atoms with E-state index in [1.165, 1.54) is 4.90 Å². The van der Waals surface area contributed by atoms with Gasteiger partial charge in [-0.05, 0) is 38.3 Å². The largest absolute Gasteiger partial charge is 0.346 e. The number of imidazole rings is 1. The second kappa shape index (κ2) is 7.26. The highest BCUT2D eigenvalue weighted by Gasteiger charge is 2.52. The quantitative estimate of drug-likeness (QED) is 0.666. The van der Waals surface area contributed by atoms with E-state index in [1.54, 1.807) is 0 Å². The number of H-pyrrole nitrogens is 1. The van der Waals surface area contributed by atoms with Crippen molar-refractivity contribution in [2.24, 2.45) is 0 Å². The molecule has 2 fully saturated rings. The monoisotopic (exact) mass is 383 g/mol. The summed E-state index contributed by atoms with van der Waals surface area (Å²) in [5, 5.41) is 5.77. The number of carbonyl (C=O) groups excluding carboxylic acids is 3. The molecule has 0 unspecified atom stereocenters. The zero-order valence-corrected chi connectivity index (χ0v) is 16.0. The van der Waals surface area contributed by atoms with Gasteiger partial charge in [0.25, 0.3) is 5.91 Å². The van der Waals surface area contributed by atoms with E-state index in [0.717, 1.165) is 23.9 Å². The number of nitrogens with one attached hydrogen (secondary N) is 3. The molecular weight excluding hydrogens is 358 g/mol. The molecule has 1 aromatic carbocycles. The minimum atomic E-state index is -0.685. The number of nitrogens with zero attached hydrogens (tertiary/aromatic N) is 2. The van der Waals surface area contributed by atoms with Crippen molar-refractivity contribution in [3.8, 4) is 0 Å². The van der Waals surface area contributed by atoms with Gasteiger partial charge >= 0.3 is 6.03 Å². The van der Waals surface area contributed by atoms with Crippen molar-refractivity contribution in [3.05, 3.63) is 30.1 Å². The summed E-state index contributed by atoms with van der Waals surface area (Å²) in [4.78, 5) is 46.0. The zero-order valence-electron chi connectivity index (χ0n) is 16.0. The Morgan fingerprint density at radius 2 is 2.04 bits per heavy atom. The molecule has 2 aromatic rings. The van der Waals surface area contributed by atoms with Gasteiger partial charge in [-0.1, -0.05) is 25.0 Å². The average Bonchev–Trinajstić information content (AvgIpc) is 3.36. The fraction of sp³-hybridized carbons (Fsp3) is 0.500. The van der Waals surface area contributed by atoms with E-state index in [0.29, 0.717) is 25.1 Å². The number of carbonyl (C=O) groups is 3. The number of imide groups is 1. The number of amides is 4. The number of urea groups is 1. The van der Waals surface area contributed by atoms with Crippen LogP contribution in [0.15, 0.2) is 24.3 Å². The molecule has 1 aromatic heterocycles. The van der Waals surface area contributed by atoms with Crippen molar-refractivity contribution in [2.75, 3.05) is 6.54 Å². The van der Waals surface area contributed by atoms with Crippen LogP contribution in [-0.2, 0) is 9.59 Å². The van der Waals surface area contributed by atoms with Crippen LogP contribution in [0.25, 0.3) is 11.0 Å². The van der Waals surface area contributed by atoms with E-state index in [2.05, 4.69) is 20.6 Å². The lowest BCUT2D eigenvalue weighted by Gasteiger charge is -2.20. The molecule has 148 valence electrons. The van der Waals surface area contributed by atoms with E-state index < -0.39 is 5.54 Å². The third kappa shape index (κ3) is 3.34. The van der Waals surface area contributed by atoms with Gasteiger partial charge in [-0.15, -0.1) is 0 Å². The second-order valence-corrected chi connectivity index (χ2v) is 7.71. The lowest BCUT2D eigenvalue weighted by Crippen LogP contribution is -2.44. The summed E-state index contributed by atoms with van der Waals surface area (Å²) in [6, 6.07) is 7.12. The number of rotatable bonds is 6. The van der Waals surface area contributed by atoms with Crippen LogP contribution in [0.1, 0.15) is 57.3 Å². The second-order valence-electron chi connectivity index (χ2n) is 7.71. The maximum atomic E-state index is 12.6. The van der Waals surface area contributed by atoms with Gasteiger partial charge < -0.3 is 15.6 Å². The summed E-state index contributed by atoms with van der Waals surface area (Å²) >= 11 is 0. The standard InChI is InChI=1S/C20H25N5O3/c1-13(17-22-14-7-2-3-8-15(14)23-17)21-16(26)9-6-12-25-18(27)20(24-19(25)28)10-4-5-11-20/h2-3,7-8,13H,4-6,9-12H2,1H3,(H,21,26)(H,22,23)(H,24,28)/t13-/m0/s1. The molecule has 4 rings (SSSR count). The highest BCUT2D eigenvalue weighted by molar-refractivity contribution is 6.07. The molecule has 3 N–H and O–H groups in total.